The lowest BCUT2D eigenvalue weighted by atomic mass is 10.3. The van der Waals surface area contributed by atoms with E-state index in [4.69, 9.17) is 9.47 Å². The zero-order valence-electron chi connectivity index (χ0n) is 10.8. The van der Waals surface area contributed by atoms with Gasteiger partial charge in [0.15, 0.2) is 0 Å². The molecule has 18 heavy (non-hydrogen) atoms. The van der Waals surface area contributed by atoms with Gasteiger partial charge < -0.3 is 20.1 Å². The standard InChI is InChI=1S/C11H18N4O3/c1-12-10-6-13-9(5-14-10)11(16)15-4-8(18-3)7-17-2/h5-6,8H,4,7H2,1-3H3,(H,12,14)(H,15,16). The number of amides is 1. The summed E-state index contributed by atoms with van der Waals surface area (Å²) in [7, 11) is 4.88. The zero-order chi connectivity index (χ0) is 13.4. The molecule has 0 bridgehead atoms. The number of nitrogens with zero attached hydrogens (tertiary/aromatic N) is 2. The third-order valence-electron chi connectivity index (χ3n) is 2.32. The zero-order valence-corrected chi connectivity index (χ0v) is 10.8. The second-order valence-corrected chi connectivity index (χ2v) is 3.56. The number of aromatic nitrogens is 2. The molecule has 100 valence electrons. The largest absolute Gasteiger partial charge is 0.382 e. The minimum atomic E-state index is -0.289. The van der Waals surface area contributed by atoms with Gasteiger partial charge in [0.25, 0.3) is 5.91 Å². The summed E-state index contributed by atoms with van der Waals surface area (Å²) < 4.78 is 10.1. The van der Waals surface area contributed by atoms with E-state index in [0.717, 1.165) is 0 Å². The van der Waals surface area contributed by atoms with Crippen molar-refractivity contribution in [3.8, 4) is 0 Å². The van der Waals surface area contributed by atoms with Crippen LogP contribution in [0.5, 0.6) is 0 Å². The van der Waals surface area contributed by atoms with E-state index in [1.165, 1.54) is 12.4 Å². The van der Waals surface area contributed by atoms with Crippen LogP contribution in [0.25, 0.3) is 0 Å². The van der Waals surface area contributed by atoms with Crippen LogP contribution in [-0.2, 0) is 9.47 Å². The normalized spacial score (nSPS) is 11.9. The first kappa shape index (κ1) is 14.3. The Bertz CT molecular complexity index is 369. The molecule has 0 aliphatic carbocycles. The van der Waals surface area contributed by atoms with Crippen LogP contribution in [0.1, 0.15) is 10.5 Å². The number of carbonyl (C=O) groups is 1. The molecule has 1 rings (SSSR count). The van der Waals surface area contributed by atoms with Crippen LogP contribution in [0.15, 0.2) is 12.4 Å². The minimum Gasteiger partial charge on any atom is -0.382 e. The summed E-state index contributed by atoms with van der Waals surface area (Å²) in [6, 6.07) is 0. The van der Waals surface area contributed by atoms with Crippen molar-refractivity contribution in [3.63, 3.8) is 0 Å². The molecule has 0 fully saturated rings. The Labute approximate surface area is 106 Å². The fraction of sp³-hybridized carbons (Fsp3) is 0.545. The lowest BCUT2D eigenvalue weighted by molar-refractivity contribution is 0.0285. The molecule has 0 spiro atoms. The van der Waals surface area contributed by atoms with Crippen LogP contribution in [-0.4, -0.2) is 56.4 Å². The van der Waals surface area contributed by atoms with Crippen molar-refractivity contribution in [2.24, 2.45) is 0 Å². The van der Waals surface area contributed by atoms with Gasteiger partial charge in [0.05, 0.1) is 25.1 Å². The Morgan fingerprint density at radius 3 is 2.67 bits per heavy atom. The van der Waals surface area contributed by atoms with Gasteiger partial charge in [-0.15, -0.1) is 0 Å². The molecule has 7 nitrogen and oxygen atoms in total. The fourth-order valence-corrected chi connectivity index (χ4v) is 1.27. The van der Waals surface area contributed by atoms with E-state index in [-0.39, 0.29) is 17.7 Å². The first-order valence-electron chi connectivity index (χ1n) is 5.51. The van der Waals surface area contributed by atoms with E-state index in [1.807, 2.05) is 0 Å². The first-order valence-corrected chi connectivity index (χ1v) is 5.51. The molecule has 1 aromatic rings. The molecule has 0 aromatic carbocycles. The molecule has 1 atom stereocenters. The number of ether oxygens (including phenoxy) is 2. The minimum absolute atomic E-state index is 0.177. The average molecular weight is 254 g/mol. The Kier molecular flexibility index (Phi) is 6.03. The monoisotopic (exact) mass is 254 g/mol. The number of hydrogen-bond donors (Lipinski definition) is 2. The molecule has 0 saturated carbocycles. The highest BCUT2D eigenvalue weighted by Crippen LogP contribution is 1.99. The van der Waals surface area contributed by atoms with Crippen molar-refractivity contribution >= 4 is 11.7 Å². The molecule has 0 aliphatic heterocycles. The van der Waals surface area contributed by atoms with Gasteiger partial charge in [-0.2, -0.15) is 0 Å². The Morgan fingerprint density at radius 1 is 1.39 bits per heavy atom. The van der Waals surface area contributed by atoms with Crippen molar-refractivity contribution in [2.45, 2.75) is 6.10 Å². The van der Waals surface area contributed by atoms with Gasteiger partial charge in [-0.3, -0.25) is 4.79 Å². The highest BCUT2D eigenvalue weighted by molar-refractivity contribution is 5.92. The fourth-order valence-electron chi connectivity index (χ4n) is 1.27. The van der Waals surface area contributed by atoms with Gasteiger partial charge in [-0.25, -0.2) is 9.97 Å². The second kappa shape index (κ2) is 7.57. The Morgan fingerprint density at radius 2 is 2.17 bits per heavy atom. The van der Waals surface area contributed by atoms with Gasteiger partial charge in [0.1, 0.15) is 11.5 Å². The average Bonchev–Trinajstić information content (AvgIpc) is 2.43. The van der Waals surface area contributed by atoms with Crippen LogP contribution >= 0.6 is 0 Å². The van der Waals surface area contributed by atoms with Crippen molar-refractivity contribution in [1.82, 2.24) is 15.3 Å². The van der Waals surface area contributed by atoms with E-state index in [2.05, 4.69) is 20.6 Å². The van der Waals surface area contributed by atoms with E-state index < -0.39 is 0 Å². The highest BCUT2D eigenvalue weighted by Gasteiger charge is 2.11. The van der Waals surface area contributed by atoms with E-state index in [0.29, 0.717) is 19.0 Å². The highest BCUT2D eigenvalue weighted by atomic mass is 16.5. The van der Waals surface area contributed by atoms with E-state index >= 15 is 0 Å². The number of hydrogen-bond acceptors (Lipinski definition) is 6. The molecule has 1 aromatic heterocycles. The first-order chi connectivity index (χ1) is 8.71. The summed E-state index contributed by atoms with van der Waals surface area (Å²) >= 11 is 0. The topological polar surface area (TPSA) is 85.4 Å². The Hall–Kier alpha value is -1.73. The predicted molar refractivity (Wildman–Crippen MR) is 66.6 cm³/mol. The molecule has 1 unspecified atom stereocenters. The number of carbonyl (C=O) groups excluding carboxylic acids is 1. The van der Waals surface area contributed by atoms with Crippen molar-refractivity contribution in [2.75, 3.05) is 39.7 Å². The number of rotatable bonds is 7. The van der Waals surface area contributed by atoms with Gasteiger partial charge in [-0.1, -0.05) is 0 Å². The van der Waals surface area contributed by atoms with Crippen LogP contribution in [0.3, 0.4) is 0 Å². The third-order valence-corrected chi connectivity index (χ3v) is 2.32. The van der Waals surface area contributed by atoms with Crippen LogP contribution < -0.4 is 10.6 Å². The molecule has 1 heterocycles. The maximum atomic E-state index is 11.7. The molecule has 0 radical (unpaired) electrons. The quantitative estimate of drug-likeness (QED) is 0.707. The van der Waals surface area contributed by atoms with Crippen LogP contribution in [0, 0.1) is 0 Å². The second-order valence-electron chi connectivity index (χ2n) is 3.56. The summed E-state index contributed by atoms with van der Waals surface area (Å²) in [6.07, 6.45) is 2.74. The van der Waals surface area contributed by atoms with Gasteiger partial charge in [-0.05, 0) is 0 Å². The lowest BCUT2D eigenvalue weighted by Crippen LogP contribution is -2.36. The van der Waals surface area contributed by atoms with Gasteiger partial charge in [0.2, 0.25) is 0 Å². The maximum absolute atomic E-state index is 11.7. The molecule has 2 N–H and O–H groups in total. The van der Waals surface area contributed by atoms with E-state index in [9.17, 15) is 4.79 Å². The van der Waals surface area contributed by atoms with E-state index in [1.54, 1.807) is 21.3 Å². The predicted octanol–water partition coefficient (Wildman–Crippen LogP) is -0.0905. The molecular weight excluding hydrogens is 236 g/mol. The summed E-state index contributed by atoms with van der Waals surface area (Å²) in [4.78, 5) is 19.7. The van der Waals surface area contributed by atoms with Crippen LogP contribution in [0.4, 0.5) is 5.82 Å². The molecule has 1 amide bonds. The smallest absolute Gasteiger partial charge is 0.271 e. The molecule has 0 aliphatic rings. The van der Waals surface area contributed by atoms with Crippen molar-refractivity contribution < 1.29 is 14.3 Å². The van der Waals surface area contributed by atoms with Gasteiger partial charge in [0, 0.05) is 27.8 Å². The maximum Gasteiger partial charge on any atom is 0.271 e. The van der Waals surface area contributed by atoms with Crippen LogP contribution in [0.2, 0.25) is 0 Å². The van der Waals surface area contributed by atoms with Gasteiger partial charge >= 0.3 is 0 Å². The summed E-state index contributed by atoms with van der Waals surface area (Å²) in [5, 5.41) is 5.53. The summed E-state index contributed by atoms with van der Waals surface area (Å²) in [5.41, 5.74) is 0.265. The Balaban J connectivity index is 2.48. The number of anilines is 1. The van der Waals surface area contributed by atoms with Crippen molar-refractivity contribution in [3.05, 3.63) is 18.1 Å². The SMILES string of the molecule is CNc1cnc(C(=O)NCC(COC)OC)cn1. The lowest BCUT2D eigenvalue weighted by Gasteiger charge is -2.14. The molecular formula is C11H18N4O3. The number of methoxy groups -OCH3 is 2. The summed E-state index contributed by atoms with van der Waals surface area (Å²) in [5.74, 6) is 0.323. The molecule has 0 saturated heterocycles. The number of nitrogens with one attached hydrogen (secondary N) is 2. The molecule has 7 heteroatoms. The van der Waals surface area contributed by atoms with Crippen molar-refractivity contribution in [1.29, 1.82) is 0 Å². The third kappa shape index (κ3) is 4.27. The summed E-state index contributed by atoms with van der Waals surface area (Å²) in [6.45, 7) is 0.778.